The summed E-state index contributed by atoms with van der Waals surface area (Å²) >= 11 is 0. The number of carbonyl (C=O) groups is 2. The van der Waals surface area contributed by atoms with Gasteiger partial charge >= 0.3 is 5.97 Å². The van der Waals surface area contributed by atoms with E-state index in [0.717, 1.165) is 38.8 Å². The van der Waals surface area contributed by atoms with Crippen molar-refractivity contribution in [1.82, 2.24) is 4.90 Å². The van der Waals surface area contributed by atoms with E-state index < -0.39 is 10.9 Å². The van der Waals surface area contributed by atoms with E-state index in [1.54, 1.807) is 11.0 Å². The molecule has 0 aliphatic carbocycles. The van der Waals surface area contributed by atoms with Gasteiger partial charge in [0.1, 0.15) is 5.69 Å². The lowest BCUT2D eigenvalue weighted by Gasteiger charge is -2.32. The first kappa shape index (κ1) is 21.1. The van der Waals surface area contributed by atoms with E-state index in [0.29, 0.717) is 30.6 Å². The number of hydrogen-bond donors (Lipinski definition) is 0. The molecule has 1 atom stereocenters. The van der Waals surface area contributed by atoms with Crippen LogP contribution in [-0.4, -0.2) is 54.5 Å². The Bertz CT molecular complexity index is 774. The Morgan fingerprint density at radius 3 is 2.52 bits per heavy atom. The third-order valence-corrected chi connectivity index (χ3v) is 5.87. The maximum absolute atomic E-state index is 12.4. The molecule has 2 saturated heterocycles. The van der Waals surface area contributed by atoms with Gasteiger partial charge in [0.15, 0.2) is 6.61 Å². The van der Waals surface area contributed by atoms with Crippen LogP contribution < -0.4 is 4.90 Å². The first-order valence-corrected chi connectivity index (χ1v) is 10.3. The molecule has 2 fully saturated rings. The SMILES string of the molecule is CC1CCN(C(=O)COC(=O)c2ccc(N3CCC[C@H](C)C3)c([N+](=O)[O-])c2)CC1. The van der Waals surface area contributed by atoms with Crippen molar-refractivity contribution in [3.63, 3.8) is 0 Å². The van der Waals surface area contributed by atoms with Gasteiger partial charge in [-0.05, 0) is 49.7 Å². The number of piperidine rings is 2. The first-order chi connectivity index (χ1) is 13.8. The number of amides is 1. The molecule has 0 spiro atoms. The Morgan fingerprint density at radius 2 is 1.86 bits per heavy atom. The van der Waals surface area contributed by atoms with E-state index in [1.807, 2.05) is 4.90 Å². The molecule has 0 saturated carbocycles. The fraction of sp³-hybridized carbons (Fsp3) is 0.619. The zero-order valence-corrected chi connectivity index (χ0v) is 17.1. The largest absolute Gasteiger partial charge is 0.452 e. The highest BCUT2D eigenvalue weighted by Crippen LogP contribution is 2.32. The van der Waals surface area contributed by atoms with Gasteiger partial charge in [-0.1, -0.05) is 13.8 Å². The van der Waals surface area contributed by atoms with Crippen LogP contribution in [0.5, 0.6) is 0 Å². The summed E-state index contributed by atoms with van der Waals surface area (Å²) in [5.41, 5.74) is 0.507. The second kappa shape index (κ2) is 9.24. The number of esters is 1. The van der Waals surface area contributed by atoms with Gasteiger partial charge in [0.2, 0.25) is 0 Å². The molecule has 0 unspecified atom stereocenters. The standard InChI is InChI=1S/C21H29N3O5/c1-15-7-10-22(11-8-15)20(25)14-29-21(26)17-5-6-18(19(12-17)24(27)28)23-9-3-4-16(2)13-23/h5-6,12,15-16H,3-4,7-11,13-14H2,1-2H3/t16-/m0/s1. The monoisotopic (exact) mass is 403 g/mol. The van der Waals surface area contributed by atoms with Crippen LogP contribution >= 0.6 is 0 Å². The van der Waals surface area contributed by atoms with Gasteiger partial charge in [0.05, 0.1) is 10.5 Å². The van der Waals surface area contributed by atoms with Gasteiger partial charge in [-0.3, -0.25) is 14.9 Å². The van der Waals surface area contributed by atoms with Gasteiger partial charge in [-0.15, -0.1) is 0 Å². The highest BCUT2D eigenvalue weighted by molar-refractivity contribution is 5.93. The minimum atomic E-state index is -0.717. The minimum Gasteiger partial charge on any atom is -0.452 e. The summed E-state index contributed by atoms with van der Waals surface area (Å²) in [6, 6.07) is 4.40. The first-order valence-electron chi connectivity index (χ1n) is 10.3. The summed E-state index contributed by atoms with van der Waals surface area (Å²) in [6.07, 6.45) is 3.99. The molecule has 8 nitrogen and oxygen atoms in total. The molecule has 0 radical (unpaired) electrons. The van der Waals surface area contributed by atoms with Crippen LogP contribution in [-0.2, 0) is 9.53 Å². The van der Waals surface area contributed by atoms with Crippen LogP contribution in [0.25, 0.3) is 0 Å². The van der Waals surface area contributed by atoms with Gasteiger partial charge in [-0.2, -0.15) is 0 Å². The normalized spacial score (nSPS) is 20.4. The summed E-state index contributed by atoms with van der Waals surface area (Å²) in [5.74, 6) is 0.129. The van der Waals surface area contributed by atoms with Crippen molar-refractivity contribution in [3.05, 3.63) is 33.9 Å². The molecule has 0 bridgehead atoms. The van der Waals surface area contributed by atoms with Crippen molar-refractivity contribution >= 4 is 23.3 Å². The molecule has 3 rings (SSSR count). The van der Waals surface area contributed by atoms with E-state index in [9.17, 15) is 19.7 Å². The van der Waals surface area contributed by atoms with E-state index in [-0.39, 0.29) is 23.8 Å². The highest BCUT2D eigenvalue weighted by Gasteiger charge is 2.26. The van der Waals surface area contributed by atoms with Crippen LogP contribution in [0.15, 0.2) is 18.2 Å². The number of benzene rings is 1. The summed E-state index contributed by atoms with van der Waals surface area (Å²) in [4.78, 5) is 39.4. The Kier molecular flexibility index (Phi) is 6.71. The number of carbonyl (C=O) groups excluding carboxylic acids is 2. The van der Waals surface area contributed by atoms with Crippen LogP contribution in [0.4, 0.5) is 11.4 Å². The average molecular weight is 403 g/mol. The molecule has 158 valence electrons. The molecule has 8 heteroatoms. The van der Waals surface area contributed by atoms with Gasteiger partial charge in [0.25, 0.3) is 11.6 Å². The maximum Gasteiger partial charge on any atom is 0.338 e. The zero-order valence-electron chi connectivity index (χ0n) is 17.1. The molecule has 1 aromatic rings. The molecule has 2 aliphatic rings. The van der Waals surface area contributed by atoms with Crippen molar-refractivity contribution in [1.29, 1.82) is 0 Å². The summed E-state index contributed by atoms with van der Waals surface area (Å²) in [7, 11) is 0. The molecule has 2 aliphatic heterocycles. The van der Waals surface area contributed by atoms with Crippen molar-refractivity contribution in [2.75, 3.05) is 37.7 Å². The van der Waals surface area contributed by atoms with Crippen LogP contribution in [0.2, 0.25) is 0 Å². The average Bonchev–Trinajstić information content (AvgIpc) is 2.71. The number of nitro groups is 1. The fourth-order valence-corrected chi connectivity index (χ4v) is 4.03. The second-order valence-corrected chi connectivity index (χ2v) is 8.29. The van der Waals surface area contributed by atoms with E-state index in [2.05, 4.69) is 13.8 Å². The number of ether oxygens (including phenoxy) is 1. The van der Waals surface area contributed by atoms with Gasteiger partial charge < -0.3 is 14.5 Å². The molecular weight excluding hydrogens is 374 g/mol. The molecule has 29 heavy (non-hydrogen) atoms. The van der Waals surface area contributed by atoms with Crippen molar-refractivity contribution in [2.45, 2.75) is 39.5 Å². The minimum absolute atomic E-state index is 0.0885. The van der Waals surface area contributed by atoms with E-state index >= 15 is 0 Å². The van der Waals surface area contributed by atoms with Crippen molar-refractivity contribution < 1.29 is 19.2 Å². The zero-order chi connectivity index (χ0) is 21.0. The Morgan fingerprint density at radius 1 is 1.14 bits per heavy atom. The number of nitrogens with zero attached hydrogens (tertiary/aromatic N) is 3. The number of likely N-dealkylation sites (tertiary alicyclic amines) is 1. The second-order valence-electron chi connectivity index (χ2n) is 8.29. The molecular formula is C21H29N3O5. The molecule has 1 amide bonds. The lowest BCUT2D eigenvalue weighted by atomic mass is 9.99. The quantitative estimate of drug-likeness (QED) is 0.426. The van der Waals surface area contributed by atoms with Gasteiger partial charge in [0, 0.05) is 32.2 Å². The molecule has 0 aromatic heterocycles. The number of nitro benzene ring substituents is 1. The smallest absolute Gasteiger partial charge is 0.338 e. The number of anilines is 1. The molecule has 1 aromatic carbocycles. The number of hydrogen-bond acceptors (Lipinski definition) is 6. The van der Waals surface area contributed by atoms with Crippen LogP contribution in [0.3, 0.4) is 0 Å². The lowest BCUT2D eigenvalue weighted by molar-refractivity contribution is -0.384. The summed E-state index contributed by atoms with van der Waals surface area (Å²) in [5, 5.41) is 11.6. The maximum atomic E-state index is 12.4. The van der Waals surface area contributed by atoms with Crippen LogP contribution in [0.1, 0.15) is 49.9 Å². The Hall–Kier alpha value is -2.64. The fourth-order valence-electron chi connectivity index (χ4n) is 4.03. The summed E-state index contributed by atoms with van der Waals surface area (Å²) < 4.78 is 5.14. The predicted molar refractivity (Wildman–Crippen MR) is 109 cm³/mol. The molecule has 2 heterocycles. The molecule has 0 N–H and O–H groups in total. The van der Waals surface area contributed by atoms with Crippen LogP contribution in [0, 0.1) is 22.0 Å². The van der Waals surface area contributed by atoms with Gasteiger partial charge in [-0.25, -0.2) is 4.79 Å². The Balaban J connectivity index is 1.65. The number of rotatable bonds is 5. The van der Waals surface area contributed by atoms with E-state index in [1.165, 1.54) is 12.1 Å². The topological polar surface area (TPSA) is 93.0 Å². The Labute approximate surface area is 171 Å². The van der Waals surface area contributed by atoms with Crippen molar-refractivity contribution in [3.8, 4) is 0 Å². The summed E-state index contributed by atoms with van der Waals surface area (Å²) in [6.45, 7) is 6.81. The lowest BCUT2D eigenvalue weighted by Crippen LogP contribution is -2.40. The third kappa shape index (κ3) is 5.25. The highest BCUT2D eigenvalue weighted by atomic mass is 16.6. The third-order valence-electron chi connectivity index (χ3n) is 5.87. The van der Waals surface area contributed by atoms with Crippen molar-refractivity contribution in [2.24, 2.45) is 11.8 Å². The predicted octanol–water partition coefficient (Wildman–Crippen LogP) is 3.25. The van der Waals surface area contributed by atoms with E-state index in [4.69, 9.17) is 4.74 Å².